The summed E-state index contributed by atoms with van der Waals surface area (Å²) in [5.74, 6) is 0. The summed E-state index contributed by atoms with van der Waals surface area (Å²) in [6.45, 7) is 11.4. The SMILES string of the molecule is CC(C)(C)[Si](C)(C)O[C@H]1C[C@H](C#N)N(O)C1. The molecule has 0 aromatic rings. The van der Waals surface area contributed by atoms with Crippen LogP contribution in [0.1, 0.15) is 27.2 Å². The summed E-state index contributed by atoms with van der Waals surface area (Å²) in [7, 11) is -1.79. The van der Waals surface area contributed by atoms with Crippen LogP contribution in [-0.2, 0) is 4.43 Å². The molecule has 1 aliphatic rings. The molecule has 0 unspecified atom stereocenters. The minimum Gasteiger partial charge on any atom is -0.412 e. The molecule has 0 radical (unpaired) electrons. The number of hydrogen-bond donors (Lipinski definition) is 1. The van der Waals surface area contributed by atoms with Crippen LogP contribution < -0.4 is 0 Å². The first-order chi connectivity index (χ1) is 7.17. The molecule has 1 heterocycles. The van der Waals surface area contributed by atoms with Crippen LogP contribution in [0.25, 0.3) is 0 Å². The molecule has 16 heavy (non-hydrogen) atoms. The highest BCUT2D eigenvalue weighted by Crippen LogP contribution is 2.38. The molecule has 0 aliphatic carbocycles. The van der Waals surface area contributed by atoms with Crippen molar-refractivity contribution in [3.63, 3.8) is 0 Å². The minimum absolute atomic E-state index is 0.00413. The maximum atomic E-state index is 9.51. The van der Waals surface area contributed by atoms with Gasteiger partial charge in [0.15, 0.2) is 8.32 Å². The van der Waals surface area contributed by atoms with Gasteiger partial charge in [0.05, 0.1) is 18.7 Å². The lowest BCUT2D eigenvalue weighted by Crippen LogP contribution is -2.44. The molecule has 1 rings (SSSR count). The van der Waals surface area contributed by atoms with E-state index in [1.165, 1.54) is 0 Å². The number of nitrogens with zero attached hydrogens (tertiary/aromatic N) is 2. The molecule has 1 N–H and O–H groups in total. The Morgan fingerprint density at radius 1 is 1.44 bits per heavy atom. The summed E-state index contributed by atoms with van der Waals surface area (Å²) >= 11 is 0. The van der Waals surface area contributed by atoms with E-state index in [-0.39, 0.29) is 11.1 Å². The highest BCUT2D eigenvalue weighted by Gasteiger charge is 2.42. The lowest BCUT2D eigenvalue weighted by atomic mass is 10.2. The average Bonchev–Trinajstić information content (AvgIpc) is 2.43. The fourth-order valence-corrected chi connectivity index (χ4v) is 2.94. The standard InChI is InChI=1S/C11H22N2O2Si/c1-11(2,3)16(4,5)15-10-6-9(7-12)13(14)8-10/h9-10,14H,6,8H2,1-5H3/t9-,10+/m1/s1. The topological polar surface area (TPSA) is 56.5 Å². The van der Waals surface area contributed by atoms with Gasteiger partial charge in [0, 0.05) is 6.42 Å². The summed E-state index contributed by atoms with van der Waals surface area (Å²) in [5, 5.41) is 19.6. The lowest BCUT2D eigenvalue weighted by Gasteiger charge is -2.38. The van der Waals surface area contributed by atoms with Crippen LogP contribution in [-0.4, -0.2) is 37.3 Å². The molecule has 0 aromatic carbocycles. The van der Waals surface area contributed by atoms with Crippen molar-refractivity contribution in [3.8, 4) is 6.07 Å². The second-order valence-corrected chi connectivity index (χ2v) is 10.8. The molecule has 5 heteroatoms. The maximum absolute atomic E-state index is 9.51. The zero-order valence-corrected chi connectivity index (χ0v) is 11.8. The van der Waals surface area contributed by atoms with Crippen LogP contribution in [0.3, 0.4) is 0 Å². The van der Waals surface area contributed by atoms with E-state index in [1.807, 2.05) is 0 Å². The molecule has 4 nitrogen and oxygen atoms in total. The van der Waals surface area contributed by atoms with E-state index in [1.54, 1.807) is 0 Å². The predicted molar refractivity (Wildman–Crippen MR) is 64.6 cm³/mol. The van der Waals surface area contributed by atoms with Gasteiger partial charge in [-0.2, -0.15) is 10.3 Å². The summed E-state index contributed by atoms with van der Waals surface area (Å²) in [4.78, 5) is 0. The first-order valence-electron chi connectivity index (χ1n) is 5.70. The van der Waals surface area contributed by atoms with E-state index in [0.29, 0.717) is 13.0 Å². The molecule has 1 aliphatic heterocycles. The van der Waals surface area contributed by atoms with Crippen LogP contribution >= 0.6 is 0 Å². The monoisotopic (exact) mass is 242 g/mol. The third-order valence-corrected chi connectivity index (χ3v) is 8.19. The molecule has 1 saturated heterocycles. The third kappa shape index (κ3) is 2.83. The number of hydroxylamine groups is 2. The molecule has 0 aromatic heterocycles. The molecular formula is C11H22N2O2Si. The first kappa shape index (κ1) is 13.7. The van der Waals surface area contributed by atoms with Gasteiger partial charge in [0.1, 0.15) is 6.04 Å². The van der Waals surface area contributed by atoms with E-state index in [4.69, 9.17) is 9.69 Å². The highest BCUT2D eigenvalue weighted by atomic mass is 28.4. The van der Waals surface area contributed by atoms with Crippen molar-refractivity contribution in [1.29, 1.82) is 5.26 Å². The second-order valence-electron chi connectivity index (χ2n) is 6.00. The summed E-state index contributed by atoms with van der Waals surface area (Å²) < 4.78 is 6.15. The van der Waals surface area contributed by atoms with Crippen LogP contribution in [0.15, 0.2) is 0 Å². The minimum atomic E-state index is -1.79. The molecule has 92 valence electrons. The molecule has 0 spiro atoms. The Kier molecular flexibility index (Phi) is 3.80. The van der Waals surface area contributed by atoms with Crippen molar-refractivity contribution in [2.75, 3.05) is 6.54 Å². The van der Waals surface area contributed by atoms with Gasteiger partial charge in [0.25, 0.3) is 0 Å². The van der Waals surface area contributed by atoms with Gasteiger partial charge in [-0.1, -0.05) is 20.8 Å². The van der Waals surface area contributed by atoms with E-state index >= 15 is 0 Å². The van der Waals surface area contributed by atoms with Gasteiger partial charge >= 0.3 is 0 Å². The van der Waals surface area contributed by atoms with Crippen molar-refractivity contribution in [2.45, 2.75) is 57.5 Å². The number of rotatable bonds is 2. The lowest BCUT2D eigenvalue weighted by molar-refractivity contribution is -0.0925. The molecular weight excluding hydrogens is 220 g/mol. The van der Waals surface area contributed by atoms with Crippen molar-refractivity contribution >= 4 is 8.32 Å². The quantitative estimate of drug-likeness (QED) is 0.755. The van der Waals surface area contributed by atoms with Crippen LogP contribution in [0.4, 0.5) is 0 Å². The van der Waals surface area contributed by atoms with Gasteiger partial charge in [-0.15, -0.1) is 0 Å². The maximum Gasteiger partial charge on any atom is 0.192 e. The van der Waals surface area contributed by atoms with Crippen LogP contribution in [0.2, 0.25) is 18.1 Å². The number of hydrogen-bond acceptors (Lipinski definition) is 4. The molecule has 2 atom stereocenters. The molecule has 0 saturated carbocycles. The van der Waals surface area contributed by atoms with Crippen LogP contribution in [0.5, 0.6) is 0 Å². The fourth-order valence-electron chi connectivity index (χ4n) is 1.58. The van der Waals surface area contributed by atoms with Crippen molar-refractivity contribution in [3.05, 3.63) is 0 Å². The molecule has 1 fully saturated rings. The molecule has 0 amide bonds. The Morgan fingerprint density at radius 3 is 2.38 bits per heavy atom. The zero-order chi connectivity index (χ0) is 12.6. The summed E-state index contributed by atoms with van der Waals surface area (Å²) in [6.07, 6.45) is 0.606. The molecule has 0 bridgehead atoms. The largest absolute Gasteiger partial charge is 0.412 e. The van der Waals surface area contributed by atoms with Crippen molar-refractivity contribution < 1.29 is 9.63 Å². The fraction of sp³-hybridized carbons (Fsp3) is 0.909. The van der Waals surface area contributed by atoms with Crippen molar-refractivity contribution in [2.24, 2.45) is 0 Å². The normalized spacial score (nSPS) is 28.1. The van der Waals surface area contributed by atoms with E-state index in [2.05, 4.69) is 39.9 Å². The van der Waals surface area contributed by atoms with E-state index in [9.17, 15) is 5.21 Å². The van der Waals surface area contributed by atoms with Gasteiger partial charge in [-0.3, -0.25) is 0 Å². The van der Waals surface area contributed by atoms with Gasteiger partial charge in [-0.05, 0) is 18.1 Å². The Hall–Kier alpha value is -0.413. The average molecular weight is 242 g/mol. The summed E-state index contributed by atoms with van der Waals surface area (Å²) in [5.41, 5.74) is 0. The smallest absolute Gasteiger partial charge is 0.192 e. The Morgan fingerprint density at radius 2 is 2.00 bits per heavy atom. The summed E-state index contributed by atoms with van der Waals surface area (Å²) in [6, 6.07) is 1.67. The highest BCUT2D eigenvalue weighted by molar-refractivity contribution is 6.74. The van der Waals surface area contributed by atoms with Crippen LogP contribution in [0, 0.1) is 11.3 Å². The van der Waals surface area contributed by atoms with Gasteiger partial charge in [-0.25, -0.2) is 0 Å². The zero-order valence-electron chi connectivity index (χ0n) is 10.8. The number of nitriles is 1. The van der Waals surface area contributed by atoms with E-state index < -0.39 is 14.4 Å². The Bertz CT molecular complexity index is 293. The van der Waals surface area contributed by atoms with E-state index in [0.717, 1.165) is 5.06 Å². The van der Waals surface area contributed by atoms with Gasteiger partial charge < -0.3 is 9.63 Å². The Labute approximate surface area is 98.9 Å². The third-order valence-electron chi connectivity index (χ3n) is 3.65. The first-order valence-corrected chi connectivity index (χ1v) is 8.61. The van der Waals surface area contributed by atoms with Gasteiger partial charge in [0.2, 0.25) is 0 Å². The second kappa shape index (κ2) is 4.45. The Balaban J connectivity index is 2.61. The van der Waals surface area contributed by atoms with Crippen molar-refractivity contribution in [1.82, 2.24) is 5.06 Å². The predicted octanol–water partition coefficient (Wildman–Crippen LogP) is 2.36.